The van der Waals surface area contributed by atoms with Gasteiger partial charge in [0.1, 0.15) is 17.3 Å². The first-order valence-corrected chi connectivity index (χ1v) is 12.2. The number of Topliss-reactive ketones (excluding diaryl/α,β-unsaturated/α-hetero) is 1. The molecule has 0 aliphatic carbocycles. The Kier molecular flexibility index (Phi) is 8.46. The van der Waals surface area contributed by atoms with Gasteiger partial charge in [0.2, 0.25) is 0 Å². The Labute approximate surface area is 213 Å². The second kappa shape index (κ2) is 11.2. The first-order chi connectivity index (χ1) is 17.0. The van der Waals surface area contributed by atoms with Crippen molar-refractivity contribution in [3.63, 3.8) is 0 Å². The summed E-state index contributed by atoms with van der Waals surface area (Å²) in [6, 6.07) is 11.8. The van der Waals surface area contributed by atoms with Gasteiger partial charge in [0.25, 0.3) is 11.7 Å². The zero-order valence-corrected chi connectivity index (χ0v) is 22.3. The Morgan fingerprint density at radius 3 is 2.36 bits per heavy atom. The summed E-state index contributed by atoms with van der Waals surface area (Å²) >= 11 is 0. The van der Waals surface area contributed by atoms with Gasteiger partial charge in [-0.2, -0.15) is 0 Å². The monoisotopic (exact) mass is 495 g/mol. The molecule has 0 saturated carbocycles. The molecule has 1 aliphatic heterocycles. The lowest BCUT2D eigenvalue weighted by molar-refractivity contribution is -0.140. The van der Waals surface area contributed by atoms with Crippen molar-refractivity contribution < 1.29 is 28.9 Å². The number of nitrogens with zero attached hydrogens (tertiary/aromatic N) is 1. The van der Waals surface area contributed by atoms with Gasteiger partial charge in [-0.3, -0.25) is 9.59 Å². The van der Waals surface area contributed by atoms with Crippen LogP contribution >= 0.6 is 0 Å². The largest absolute Gasteiger partial charge is 0.507 e. The van der Waals surface area contributed by atoms with Crippen LogP contribution in [0.1, 0.15) is 63.8 Å². The van der Waals surface area contributed by atoms with Crippen LogP contribution in [0.4, 0.5) is 0 Å². The van der Waals surface area contributed by atoms with E-state index in [9.17, 15) is 14.7 Å². The molecule has 1 heterocycles. The fraction of sp³-hybridized carbons (Fsp3) is 0.448. The predicted molar refractivity (Wildman–Crippen MR) is 139 cm³/mol. The molecular weight excluding hydrogens is 458 g/mol. The van der Waals surface area contributed by atoms with E-state index >= 15 is 0 Å². The van der Waals surface area contributed by atoms with Crippen LogP contribution in [0.3, 0.4) is 0 Å². The van der Waals surface area contributed by atoms with Gasteiger partial charge in [-0.25, -0.2) is 0 Å². The number of benzene rings is 2. The van der Waals surface area contributed by atoms with Crippen LogP contribution in [0.5, 0.6) is 11.5 Å². The molecule has 0 aromatic heterocycles. The van der Waals surface area contributed by atoms with E-state index < -0.39 is 17.7 Å². The van der Waals surface area contributed by atoms with Crippen molar-refractivity contribution in [1.29, 1.82) is 0 Å². The van der Waals surface area contributed by atoms with E-state index in [1.165, 1.54) is 4.90 Å². The van der Waals surface area contributed by atoms with Crippen LogP contribution in [0, 0.1) is 0 Å². The summed E-state index contributed by atoms with van der Waals surface area (Å²) < 4.78 is 16.7. The van der Waals surface area contributed by atoms with Crippen LogP contribution in [-0.4, -0.2) is 55.2 Å². The lowest BCUT2D eigenvalue weighted by Crippen LogP contribution is -2.31. The summed E-state index contributed by atoms with van der Waals surface area (Å²) in [7, 11) is 3.19. The van der Waals surface area contributed by atoms with E-state index in [0.29, 0.717) is 42.2 Å². The maximum atomic E-state index is 13.4. The highest BCUT2D eigenvalue weighted by Crippen LogP contribution is 2.43. The van der Waals surface area contributed by atoms with Crippen molar-refractivity contribution in [2.24, 2.45) is 0 Å². The summed E-state index contributed by atoms with van der Waals surface area (Å²) in [5.74, 6) is -0.345. The lowest BCUT2D eigenvalue weighted by atomic mass is 9.84. The van der Waals surface area contributed by atoms with E-state index in [-0.39, 0.29) is 22.9 Å². The number of hydrogen-bond donors (Lipinski definition) is 1. The van der Waals surface area contributed by atoms with Gasteiger partial charge in [-0.15, -0.1) is 0 Å². The summed E-state index contributed by atoms with van der Waals surface area (Å²) in [4.78, 5) is 28.1. The molecule has 1 N–H and O–H groups in total. The smallest absolute Gasteiger partial charge is 0.295 e. The van der Waals surface area contributed by atoms with E-state index in [2.05, 4.69) is 0 Å². The van der Waals surface area contributed by atoms with Gasteiger partial charge in [-0.05, 0) is 49.9 Å². The third kappa shape index (κ3) is 5.57. The Hall–Kier alpha value is -3.32. The minimum atomic E-state index is -0.794. The molecule has 7 nitrogen and oxygen atoms in total. The molecule has 1 unspecified atom stereocenters. The van der Waals surface area contributed by atoms with Crippen LogP contribution in [0.2, 0.25) is 0 Å². The SMILES string of the molecule is COCCCN1C(=O)C(=O)/C(=C(/O)c2ccc(OC)c(C(C)(C)C)c2)C1c1ccccc1OC(C)C. The van der Waals surface area contributed by atoms with Crippen LogP contribution in [0.15, 0.2) is 48.0 Å². The number of carbonyl (C=O) groups is 2. The Bertz CT molecular complexity index is 1140. The average Bonchev–Trinajstić information content (AvgIpc) is 3.07. The first kappa shape index (κ1) is 27.3. The number of aliphatic hydroxyl groups excluding tert-OH is 1. The zero-order valence-electron chi connectivity index (χ0n) is 22.3. The first-order valence-electron chi connectivity index (χ1n) is 12.2. The molecule has 1 atom stereocenters. The topological polar surface area (TPSA) is 85.3 Å². The number of ketones is 1. The van der Waals surface area contributed by atoms with Crippen molar-refractivity contribution in [3.8, 4) is 11.5 Å². The van der Waals surface area contributed by atoms with E-state index in [1.807, 2.05) is 65.0 Å². The number of likely N-dealkylation sites (tertiary alicyclic amines) is 1. The van der Waals surface area contributed by atoms with Gasteiger partial charge >= 0.3 is 0 Å². The van der Waals surface area contributed by atoms with Crippen LogP contribution < -0.4 is 9.47 Å². The van der Waals surface area contributed by atoms with Crippen molar-refractivity contribution in [1.82, 2.24) is 4.90 Å². The highest BCUT2D eigenvalue weighted by atomic mass is 16.5. The van der Waals surface area contributed by atoms with Gasteiger partial charge in [0.15, 0.2) is 0 Å². The minimum absolute atomic E-state index is 0.0437. The average molecular weight is 496 g/mol. The van der Waals surface area contributed by atoms with E-state index in [1.54, 1.807) is 26.4 Å². The third-order valence-electron chi connectivity index (χ3n) is 6.14. The summed E-state index contributed by atoms with van der Waals surface area (Å²) in [6.45, 7) is 10.7. The molecular formula is C29H37NO6. The van der Waals surface area contributed by atoms with Crippen molar-refractivity contribution in [2.45, 2.75) is 58.6 Å². The molecule has 0 bridgehead atoms. The molecule has 2 aromatic carbocycles. The number of para-hydroxylation sites is 1. The van der Waals surface area contributed by atoms with Gasteiger partial charge in [-0.1, -0.05) is 39.0 Å². The molecule has 3 rings (SSSR count). The summed E-state index contributed by atoms with van der Waals surface area (Å²) in [6.07, 6.45) is 0.433. The Morgan fingerprint density at radius 1 is 1.06 bits per heavy atom. The standard InChI is InChI=1S/C29H37NO6/c1-18(2)36-22-12-9-8-11-20(22)25-24(27(32)28(33)30(25)15-10-16-34-6)26(31)19-13-14-23(35-7)21(17-19)29(3,4)5/h8-9,11-14,17-18,25,31H,10,15-16H2,1-7H3/b26-24+. The highest BCUT2D eigenvalue weighted by Gasteiger charge is 2.47. The third-order valence-corrected chi connectivity index (χ3v) is 6.14. The second-order valence-corrected chi connectivity index (χ2v) is 10.2. The molecule has 7 heteroatoms. The summed E-state index contributed by atoms with van der Waals surface area (Å²) in [5.41, 5.74) is 1.74. The number of methoxy groups -OCH3 is 2. The van der Waals surface area contributed by atoms with Crippen LogP contribution in [0.25, 0.3) is 5.76 Å². The number of ether oxygens (including phenoxy) is 3. The molecule has 0 radical (unpaired) electrons. The molecule has 1 amide bonds. The number of aliphatic hydroxyl groups is 1. The maximum absolute atomic E-state index is 13.4. The van der Waals surface area contributed by atoms with Gasteiger partial charge < -0.3 is 24.2 Å². The molecule has 0 spiro atoms. The highest BCUT2D eigenvalue weighted by molar-refractivity contribution is 6.46. The number of amides is 1. The normalized spacial score (nSPS) is 17.7. The second-order valence-electron chi connectivity index (χ2n) is 10.2. The Morgan fingerprint density at radius 2 is 1.75 bits per heavy atom. The molecule has 2 aromatic rings. The number of rotatable bonds is 9. The summed E-state index contributed by atoms with van der Waals surface area (Å²) in [5, 5.41) is 11.5. The molecule has 36 heavy (non-hydrogen) atoms. The number of carbonyl (C=O) groups excluding carboxylic acids is 2. The number of hydrogen-bond acceptors (Lipinski definition) is 6. The van der Waals surface area contributed by atoms with Crippen molar-refractivity contribution >= 4 is 17.4 Å². The van der Waals surface area contributed by atoms with Crippen molar-refractivity contribution in [3.05, 3.63) is 64.7 Å². The van der Waals surface area contributed by atoms with Crippen molar-refractivity contribution in [2.75, 3.05) is 27.4 Å². The molecule has 1 aliphatic rings. The predicted octanol–water partition coefficient (Wildman–Crippen LogP) is 5.24. The zero-order chi connectivity index (χ0) is 26.6. The quantitative estimate of drug-likeness (QED) is 0.222. The fourth-order valence-electron chi connectivity index (χ4n) is 4.48. The van der Waals surface area contributed by atoms with Gasteiger partial charge in [0.05, 0.1) is 24.8 Å². The maximum Gasteiger partial charge on any atom is 0.295 e. The molecule has 1 saturated heterocycles. The molecule has 194 valence electrons. The van der Waals surface area contributed by atoms with Gasteiger partial charge in [0, 0.05) is 37.0 Å². The lowest BCUT2D eigenvalue weighted by Gasteiger charge is -2.27. The molecule has 1 fully saturated rings. The minimum Gasteiger partial charge on any atom is -0.507 e. The van der Waals surface area contributed by atoms with Crippen LogP contribution in [-0.2, 0) is 19.7 Å². The van der Waals surface area contributed by atoms with E-state index in [4.69, 9.17) is 14.2 Å². The fourth-order valence-corrected chi connectivity index (χ4v) is 4.48. The Balaban J connectivity index is 2.23. The van der Waals surface area contributed by atoms with E-state index in [0.717, 1.165) is 5.56 Å².